The molecule has 0 aliphatic carbocycles. The Balaban J connectivity index is 1.89. The highest BCUT2D eigenvalue weighted by atomic mass is 32.1. The minimum Gasteiger partial charge on any atom is -0.388 e. The van der Waals surface area contributed by atoms with E-state index in [-0.39, 0.29) is 6.10 Å². The molecule has 0 unspecified atom stereocenters. The van der Waals surface area contributed by atoms with E-state index in [0.717, 1.165) is 23.4 Å². The van der Waals surface area contributed by atoms with Gasteiger partial charge in [-0.1, -0.05) is 12.1 Å². The minimum absolute atomic E-state index is 0.355. The first-order chi connectivity index (χ1) is 7.36. The van der Waals surface area contributed by atoms with E-state index >= 15 is 0 Å². The van der Waals surface area contributed by atoms with Crippen LogP contribution >= 0.6 is 11.3 Å². The zero-order valence-electron chi connectivity index (χ0n) is 8.34. The van der Waals surface area contributed by atoms with Crippen molar-refractivity contribution in [3.63, 3.8) is 0 Å². The number of aromatic nitrogens is 1. The highest BCUT2D eigenvalue weighted by molar-refractivity contribution is 7.10. The van der Waals surface area contributed by atoms with E-state index in [1.54, 1.807) is 17.5 Å². The molecule has 0 aromatic carbocycles. The van der Waals surface area contributed by atoms with Crippen LogP contribution in [-0.2, 0) is 6.42 Å². The van der Waals surface area contributed by atoms with Crippen LogP contribution in [0.5, 0.6) is 0 Å². The Bertz CT molecular complexity index is 385. The van der Waals surface area contributed by atoms with Crippen molar-refractivity contribution in [2.45, 2.75) is 18.9 Å². The Labute approximate surface area is 93.2 Å². The summed E-state index contributed by atoms with van der Waals surface area (Å²) in [5.74, 6) is 0. The molecule has 15 heavy (non-hydrogen) atoms. The molecule has 2 nitrogen and oxygen atoms in total. The van der Waals surface area contributed by atoms with E-state index in [0.29, 0.717) is 0 Å². The molecule has 0 aliphatic heterocycles. The van der Waals surface area contributed by atoms with Crippen LogP contribution in [0.1, 0.15) is 23.1 Å². The molecule has 2 aromatic rings. The van der Waals surface area contributed by atoms with Gasteiger partial charge in [0.25, 0.3) is 0 Å². The van der Waals surface area contributed by atoms with Crippen LogP contribution in [0.15, 0.2) is 41.9 Å². The van der Waals surface area contributed by atoms with Gasteiger partial charge in [0.1, 0.15) is 0 Å². The highest BCUT2D eigenvalue weighted by Gasteiger charge is 2.08. The molecule has 0 amide bonds. The van der Waals surface area contributed by atoms with Crippen molar-refractivity contribution in [1.82, 2.24) is 4.98 Å². The Morgan fingerprint density at radius 3 is 2.87 bits per heavy atom. The predicted octanol–water partition coefficient (Wildman–Crippen LogP) is 2.81. The SMILES string of the molecule is O[C@H](CCc1ccccn1)c1cccs1. The van der Waals surface area contributed by atoms with Gasteiger partial charge in [0.2, 0.25) is 0 Å². The normalized spacial score (nSPS) is 12.6. The predicted molar refractivity (Wildman–Crippen MR) is 61.8 cm³/mol. The molecule has 0 saturated carbocycles. The number of aryl methyl sites for hydroxylation is 1. The van der Waals surface area contributed by atoms with Crippen molar-refractivity contribution in [2.75, 3.05) is 0 Å². The van der Waals surface area contributed by atoms with Crippen LogP contribution in [0.4, 0.5) is 0 Å². The largest absolute Gasteiger partial charge is 0.388 e. The van der Waals surface area contributed by atoms with Crippen molar-refractivity contribution >= 4 is 11.3 Å². The molecule has 1 N–H and O–H groups in total. The molecule has 0 spiro atoms. The Morgan fingerprint density at radius 1 is 1.27 bits per heavy atom. The quantitative estimate of drug-likeness (QED) is 0.857. The van der Waals surface area contributed by atoms with Crippen molar-refractivity contribution in [2.24, 2.45) is 0 Å². The number of hydrogen-bond acceptors (Lipinski definition) is 3. The number of nitrogens with zero attached hydrogens (tertiary/aromatic N) is 1. The highest BCUT2D eigenvalue weighted by Crippen LogP contribution is 2.22. The van der Waals surface area contributed by atoms with Gasteiger partial charge in [0.05, 0.1) is 6.10 Å². The second-order valence-corrected chi connectivity index (χ2v) is 4.37. The molecule has 0 bridgehead atoms. The van der Waals surface area contributed by atoms with Gasteiger partial charge < -0.3 is 5.11 Å². The first kappa shape index (κ1) is 10.3. The molecule has 2 rings (SSSR count). The molecule has 0 radical (unpaired) electrons. The third kappa shape index (κ3) is 2.88. The number of aliphatic hydroxyl groups excluding tert-OH is 1. The summed E-state index contributed by atoms with van der Waals surface area (Å²) in [6.45, 7) is 0. The molecule has 0 fully saturated rings. The monoisotopic (exact) mass is 219 g/mol. The van der Waals surface area contributed by atoms with Crippen LogP contribution in [-0.4, -0.2) is 10.1 Å². The number of pyridine rings is 1. The number of thiophene rings is 1. The summed E-state index contributed by atoms with van der Waals surface area (Å²) < 4.78 is 0. The van der Waals surface area contributed by atoms with E-state index in [2.05, 4.69) is 4.98 Å². The molecule has 0 aliphatic rings. The fourth-order valence-corrected chi connectivity index (χ4v) is 2.20. The fourth-order valence-electron chi connectivity index (χ4n) is 1.45. The van der Waals surface area contributed by atoms with Gasteiger partial charge >= 0.3 is 0 Å². The summed E-state index contributed by atoms with van der Waals surface area (Å²) in [5.41, 5.74) is 1.04. The first-order valence-electron chi connectivity index (χ1n) is 4.97. The summed E-state index contributed by atoms with van der Waals surface area (Å²) in [6, 6.07) is 9.79. The van der Waals surface area contributed by atoms with Crippen molar-refractivity contribution in [1.29, 1.82) is 0 Å². The minimum atomic E-state index is -0.355. The first-order valence-corrected chi connectivity index (χ1v) is 5.85. The maximum atomic E-state index is 9.85. The maximum absolute atomic E-state index is 9.85. The zero-order valence-corrected chi connectivity index (χ0v) is 9.15. The topological polar surface area (TPSA) is 33.1 Å². The van der Waals surface area contributed by atoms with Crippen molar-refractivity contribution < 1.29 is 5.11 Å². The van der Waals surface area contributed by atoms with Crippen LogP contribution in [0, 0.1) is 0 Å². The third-order valence-corrected chi connectivity index (χ3v) is 3.25. The van der Waals surface area contributed by atoms with Gasteiger partial charge in [-0.2, -0.15) is 0 Å². The third-order valence-electron chi connectivity index (χ3n) is 2.27. The average molecular weight is 219 g/mol. The van der Waals surface area contributed by atoms with Gasteiger partial charge in [-0.15, -0.1) is 11.3 Å². The van der Waals surface area contributed by atoms with Gasteiger partial charge in [-0.3, -0.25) is 4.98 Å². The van der Waals surface area contributed by atoms with Gasteiger partial charge in [-0.25, -0.2) is 0 Å². The molecular weight excluding hydrogens is 206 g/mol. The summed E-state index contributed by atoms with van der Waals surface area (Å²) in [6.07, 6.45) is 2.98. The maximum Gasteiger partial charge on any atom is 0.0885 e. The van der Waals surface area contributed by atoms with E-state index in [4.69, 9.17) is 0 Å². The number of aliphatic hydroxyl groups is 1. The zero-order chi connectivity index (χ0) is 10.5. The lowest BCUT2D eigenvalue weighted by molar-refractivity contribution is 0.171. The Kier molecular flexibility index (Phi) is 3.48. The van der Waals surface area contributed by atoms with E-state index < -0.39 is 0 Å². The summed E-state index contributed by atoms with van der Waals surface area (Å²) in [4.78, 5) is 5.26. The Morgan fingerprint density at radius 2 is 2.20 bits per heavy atom. The van der Waals surface area contributed by atoms with Gasteiger partial charge in [-0.05, 0) is 36.4 Å². The van der Waals surface area contributed by atoms with Crippen molar-refractivity contribution in [3.8, 4) is 0 Å². The molecule has 78 valence electrons. The van der Waals surface area contributed by atoms with Crippen LogP contribution in [0.25, 0.3) is 0 Å². The van der Waals surface area contributed by atoms with E-state index in [1.165, 1.54) is 0 Å². The molecule has 2 aromatic heterocycles. The summed E-state index contributed by atoms with van der Waals surface area (Å²) in [7, 11) is 0. The number of hydrogen-bond donors (Lipinski definition) is 1. The van der Waals surface area contributed by atoms with Crippen molar-refractivity contribution in [3.05, 3.63) is 52.5 Å². The van der Waals surface area contributed by atoms with E-state index in [9.17, 15) is 5.11 Å². The van der Waals surface area contributed by atoms with Gasteiger partial charge in [0.15, 0.2) is 0 Å². The van der Waals surface area contributed by atoms with Crippen LogP contribution < -0.4 is 0 Å². The second kappa shape index (κ2) is 5.05. The Hall–Kier alpha value is -1.19. The average Bonchev–Trinajstić information content (AvgIpc) is 2.81. The second-order valence-electron chi connectivity index (χ2n) is 3.39. The molecular formula is C12H13NOS. The summed E-state index contributed by atoms with van der Waals surface area (Å²) >= 11 is 1.60. The standard InChI is InChI=1S/C12H13NOS/c14-11(12-5-3-9-15-12)7-6-10-4-1-2-8-13-10/h1-5,8-9,11,14H,6-7H2/t11-/m1/s1. The van der Waals surface area contributed by atoms with Gasteiger partial charge in [0, 0.05) is 16.8 Å². The molecule has 3 heteroatoms. The molecule has 0 saturated heterocycles. The van der Waals surface area contributed by atoms with Crippen LogP contribution in [0.3, 0.4) is 0 Å². The number of rotatable bonds is 4. The molecule has 2 heterocycles. The smallest absolute Gasteiger partial charge is 0.0885 e. The lowest BCUT2D eigenvalue weighted by Crippen LogP contribution is -1.98. The fraction of sp³-hybridized carbons (Fsp3) is 0.250. The summed E-state index contributed by atoms with van der Waals surface area (Å²) in [5, 5.41) is 11.8. The van der Waals surface area contributed by atoms with Crippen LogP contribution in [0.2, 0.25) is 0 Å². The molecule has 1 atom stereocenters. The lowest BCUT2D eigenvalue weighted by atomic mass is 10.1. The van der Waals surface area contributed by atoms with E-state index in [1.807, 2.05) is 35.7 Å². The lowest BCUT2D eigenvalue weighted by Gasteiger charge is -2.07.